The highest BCUT2D eigenvalue weighted by Crippen LogP contribution is 2.11. The molecule has 0 saturated carbocycles. The van der Waals surface area contributed by atoms with Crippen LogP contribution in [-0.4, -0.2) is 93.7 Å². The van der Waals surface area contributed by atoms with Gasteiger partial charge in [0, 0.05) is 31.4 Å². The minimum absolute atomic E-state index is 0.0423. The lowest BCUT2D eigenvalue weighted by Gasteiger charge is -2.27. The van der Waals surface area contributed by atoms with Crippen LogP contribution in [0.25, 0.3) is 0 Å². The number of hydrogen-bond donors (Lipinski definition) is 9. The number of thiol groups is 1. The Labute approximate surface area is 353 Å². The molecule has 0 radical (unpaired) electrons. The number of carbonyl (C=O) groups excluding carboxylic acids is 5. The van der Waals surface area contributed by atoms with Gasteiger partial charge in [0.05, 0.1) is 6.04 Å². The fourth-order valence-electron chi connectivity index (χ4n) is 6.23. The molecule has 9 N–H and O–H groups in total. The van der Waals surface area contributed by atoms with Gasteiger partial charge in [0.25, 0.3) is 0 Å². The topological polar surface area (TPSA) is 246 Å². The van der Waals surface area contributed by atoms with E-state index in [1.165, 1.54) is 0 Å². The molecule has 0 aliphatic carbocycles. The van der Waals surface area contributed by atoms with Gasteiger partial charge in [-0.1, -0.05) is 121 Å². The number of carbonyl (C=O) groups is 7. The Morgan fingerprint density at radius 1 is 0.450 bits per heavy atom. The van der Waals surface area contributed by atoms with Gasteiger partial charge in [-0.05, 0) is 35.1 Å². The summed E-state index contributed by atoms with van der Waals surface area (Å²) in [6, 6.07) is 27.5. The van der Waals surface area contributed by atoms with Crippen molar-refractivity contribution in [1.82, 2.24) is 26.6 Å². The highest BCUT2D eigenvalue weighted by Gasteiger charge is 2.33. The first kappa shape index (κ1) is 46.2. The molecule has 4 rings (SSSR count). The molecule has 6 atom stereocenters. The first-order valence-electron chi connectivity index (χ1n) is 19.3. The van der Waals surface area contributed by atoms with Gasteiger partial charge in [0.2, 0.25) is 29.5 Å². The standard InChI is InChI=1S/C44H50N6O9S/c45-32(23-28-13-5-1-6-14-28)39(53)47-34(24-29-15-7-2-8-16-29)42(56)49-35(25-30-17-9-3-10-18-30)41(55)46-33(21-22-38(51)52)40(54)48-36(26-31-19-11-4-12-20-31)43(57)50-37(27-60)44(58)59/h1-20,32-37,60H,21-27,45H2,(H,46,55)(H,47,53)(H,48,54)(H,49,56)(H,50,57)(H,51,52)(H,58,59)/t32-,33-,34-,35-,36-,37-/m0/s1. The number of amides is 5. The highest BCUT2D eigenvalue weighted by molar-refractivity contribution is 7.80. The molecule has 60 heavy (non-hydrogen) atoms. The first-order valence-corrected chi connectivity index (χ1v) is 19.9. The van der Waals surface area contributed by atoms with Crippen LogP contribution in [-0.2, 0) is 59.2 Å². The molecule has 0 unspecified atom stereocenters. The fraction of sp³-hybridized carbons (Fsp3) is 0.295. The summed E-state index contributed by atoms with van der Waals surface area (Å²) in [6.07, 6.45) is -0.857. The summed E-state index contributed by atoms with van der Waals surface area (Å²) >= 11 is 4.00. The zero-order valence-electron chi connectivity index (χ0n) is 32.7. The normalized spacial score (nSPS) is 13.8. The first-order chi connectivity index (χ1) is 28.8. The van der Waals surface area contributed by atoms with Gasteiger partial charge >= 0.3 is 11.9 Å². The third-order valence-electron chi connectivity index (χ3n) is 9.46. The highest BCUT2D eigenvalue weighted by atomic mass is 32.1. The SMILES string of the molecule is N[C@@H](Cc1ccccc1)C(=O)N[C@@H](Cc1ccccc1)C(=O)N[C@@H](Cc1ccccc1)C(=O)N[C@@H](CCC(=O)O)C(=O)N[C@@H](Cc1ccccc1)C(=O)N[C@@H](CS)C(=O)O. The maximum atomic E-state index is 14.2. The summed E-state index contributed by atoms with van der Waals surface area (Å²) in [6.45, 7) is 0. The number of carboxylic acid groups (broad SMARTS) is 2. The van der Waals surface area contributed by atoms with E-state index in [0.717, 1.165) is 5.56 Å². The molecule has 0 aliphatic rings. The second kappa shape index (κ2) is 23.8. The molecule has 15 nitrogen and oxygen atoms in total. The molecule has 0 bridgehead atoms. The fourth-order valence-corrected chi connectivity index (χ4v) is 6.48. The van der Waals surface area contributed by atoms with Gasteiger partial charge < -0.3 is 42.5 Å². The van der Waals surface area contributed by atoms with E-state index in [4.69, 9.17) is 5.73 Å². The van der Waals surface area contributed by atoms with E-state index in [0.29, 0.717) is 16.7 Å². The van der Waals surface area contributed by atoms with Crippen LogP contribution in [0, 0.1) is 0 Å². The summed E-state index contributed by atoms with van der Waals surface area (Å²) in [5, 5.41) is 32.0. The Morgan fingerprint density at radius 2 is 0.750 bits per heavy atom. The average Bonchev–Trinajstić information content (AvgIpc) is 3.24. The van der Waals surface area contributed by atoms with Crippen LogP contribution < -0.4 is 32.3 Å². The van der Waals surface area contributed by atoms with Gasteiger partial charge in [-0.25, -0.2) is 4.79 Å². The van der Waals surface area contributed by atoms with Gasteiger partial charge in [-0.3, -0.25) is 28.8 Å². The van der Waals surface area contributed by atoms with E-state index in [1.54, 1.807) is 91.0 Å². The molecule has 0 spiro atoms. The predicted molar refractivity (Wildman–Crippen MR) is 227 cm³/mol. The van der Waals surface area contributed by atoms with Crippen molar-refractivity contribution < 1.29 is 43.8 Å². The lowest BCUT2D eigenvalue weighted by Crippen LogP contribution is -2.60. The molecule has 0 aliphatic heterocycles. The molecule has 0 heterocycles. The van der Waals surface area contributed by atoms with Crippen molar-refractivity contribution in [3.8, 4) is 0 Å². The largest absolute Gasteiger partial charge is 0.481 e. The summed E-state index contributed by atoms with van der Waals surface area (Å²) in [5.74, 6) is -6.80. The molecule has 5 amide bonds. The second-order valence-corrected chi connectivity index (χ2v) is 14.5. The molecular weight excluding hydrogens is 789 g/mol. The Hall–Kier alpha value is -6.52. The number of aliphatic carboxylic acids is 2. The van der Waals surface area contributed by atoms with E-state index in [1.807, 2.05) is 30.3 Å². The summed E-state index contributed by atoms with van der Waals surface area (Å²) < 4.78 is 0. The van der Waals surface area contributed by atoms with Crippen molar-refractivity contribution >= 4 is 54.1 Å². The van der Waals surface area contributed by atoms with Crippen molar-refractivity contribution in [2.24, 2.45) is 5.73 Å². The van der Waals surface area contributed by atoms with Crippen LogP contribution in [0.15, 0.2) is 121 Å². The van der Waals surface area contributed by atoms with Crippen LogP contribution in [0.2, 0.25) is 0 Å². The third-order valence-corrected chi connectivity index (χ3v) is 9.82. The van der Waals surface area contributed by atoms with Crippen molar-refractivity contribution in [2.75, 3.05) is 5.75 Å². The molecule has 4 aromatic carbocycles. The summed E-state index contributed by atoms with van der Waals surface area (Å²) in [7, 11) is 0. The van der Waals surface area contributed by atoms with Crippen molar-refractivity contribution in [2.45, 2.75) is 74.8 Å². The number of nitrogens with one attached hydrogen (secondary N) is 5. The van der Waals surface area contributed by atoms with Gasteiger partial charge in [-0.2, -0.15) is 12.6 Å². The second-order valence-electron chi connectivity index (χ2n) is 14.1. The smallest absolute Gasteiger partial charge is 0.327 e. The minimum Gasteiger partial charge on any atom is -0.481 e. The van der Waals surface area contributed by atoms with E-state index in [2.05, 4.69) is 39.2 Å². The maximum Gasteiger partial charge on any atom is 0.327 e. The average molecular weight is 839 g/mol. The van der Waals surface area contributed by atoms with Crippen LogP contribution >= 0.6 is 12.6 Å². The molecule has 0 aromatic heterocycles. The summed E-state index contributed by atoms with van der Waals surface area (Å²) in [5.41, 5.74) is 9.05. The zero-order valence-corrected chi connectivity index (χ0v) is 33.6. The number of carboxylic acids is 2. The lowest BCUT2D eigenvalue weighted by molar-refractivity contribution is -0.141. The lowest BCUT2D eigenvalue weighted by atomic mass is 10.0. The molecule has 4 aromatic rings. The van der Waals surface area contributed by atoms with E-state index < -0.39 is 90.6 Å². The van der Waals surface area contributed by atoms with Crippen LogP contribution in [0.4, 0.5) is 0 Å². The number of rotatable bonds is 23. The zero-order chi connectivity index (χ0) is 43.4. The van der Waals surface area contributed by atoms with Crippen molar-refractivity contribution in [1.29, 1.82) is 0 Å². The molecule has 16 heteroatoms. The quantitative estimate of drug-likeness (QED) is 0.0489. The number of nitrogens with two attached hydrogens (primary N) is 1. The van der Waals surface area contributed by atoms with Gasteiger partial charge in [0.1, 0.15) is 30.2 Å². The minimum atomic E-state index is -1.52. The monoisotopic (exact) mass is 838 g/mol. The number of benzene rings is 4. The Morgan fingerprint density at radius 3 is 1.08 bits per heavy atom. The van der Waals surface area contributed by atoms with E-state index in [-0.39, 0.29) is 31.4 Å². The molecular formula is C44H50N6O9S. The summed E-state index contributed by atoms with van der Waals surface area (Å²) in [4.78, 5) is 92.6. The van der Waals surface area contributed by atoms with Gasteiger partial charge in [0.15, 0.2) is 0 Å². The van der Waals surface area contributed by atoms with Crippen LogP contribution in [0.1, 0.15) is 35.1 Å². The van der Waals surface area contributed by atoms with E-state index in [9.17, 15) is 43.8 Å². The Kier molecular flexibility index (Phi) is 18.3. The van der Waals surface area contributed by atoms with Crippen LogP contribution in [0.3, 0.4) is 0 Å². The number of hydrogen-bond acceptors (Lipinski definition) is 9. The predicted octanol–water partition coefficient (Wildman–Crippen LogP) is 1.59. The van der Waals surface area contributed by atoms with Crippen LogP contribution in [0.5, 0.6) is 0 Å². The van der Waals surface area contributed by atoms with Crippen molar-refractivity contribution in [3.05, 3.63) is 144 Å². The van der Waals surface area contributed by atoms with E-state index >= 15 is 0 Å². The third kappa shape index (κ3) is 15.3. The Balaban J connectivity index is 1.60. The molecule has 0 saturated heterocycles. The molecule has 316 valence electrons. The maximum absolute atomic E-state index is 14.2. The Bertz CT molecular complexity index is 2040. The van der Waals surface area contributed by atoms with Gasteiger partial charge in [-0.15, -0.1) is 0 Å². The van der Waals surface area contributed by atoms with Crippen molar-refractivity contribution in [3.63, 3.8) is 0 Å². The molecule has 0 fully saturated rings.